The number of carbonyl (C=O) groups excluding carboxylic acids is 1. The maximum atomic E-state index is 13.1. The molecule has 1 heterocycles. The second-order valence-corrected chi connectivity index (χ2v) is 9.82. The van der Waals surface area contributed by atoms with E-state index in [0.29, 0.717) is 48.1 Å². The smallest absolute Gasteiger partial charge is 0.253 e. The Hall–Kier alpha value is -2.09. The summed E-state index contributed by atoms with van der Waals surface area (Å²) in [5, 5.41) is 0.629. The van der Waals surface area contributed by atoms with E-state index in [2.05, 4.69) is 0 Å². The number of nitrogens with zero attached hydrogens (tertiary/aromatic N) is 2. The Bertz CT molecular complexity index is 987. The Morgan fingerprint density at radius 3 is 2.43 bits per heavy atom. The van der Waals surface area contributed by atoms with Crippen molar-refractivity contribution in [3.63, 3.8) is 0 Å². The van der Waals surface area contributed by atoms with Gasteiger partial charge in [-0.25, -0.2) is 8.42 Å². The van der Waals surface area contributed by atoms with Crippen molar-refractivity contribution < 1.29 is 17.9 Å². The molecule has 162 valence electrons. The molecule has 0 aromatic heterocycles. The Morgan fingerprint density at radius 2 is 1.77 bits per heavy atom. The van der Waals surface area contributed by atoms with Crippen LogP contribution in [0.3, 0.4) is 0 Å². The van der Waals surface area contributed by atoms with Gasteiger partial charge in [-0.2, -0.15) is 4.31 Å². The van der Waals surface area contributed by atoms with E-state index in [1.54, 1.807) is 50.4 Å². The number of rotatable bonds is 7. The molecule has 3 rings (SSSR count). The van der Waals surface area contributed by atoms with Crippen LogP contribution in [0.15, 0.2) is 47.4 Å². The van der Waals surface area contributed by atoms with Gasteiger partial charge >= 0.3 is 0 Å². The van der Waals surface area contributed by atoms with Crippen LogP contribution < -0.4 is 4.74 Å². The molecule has 1 amide bonds. The van der Waals surface area contributed by atoms with Crippen LogP contribution in [-0.4, -0.2) is 56.8 Å². The first-order valence-electron chi connectivity index (χ1n) is 10.0. The Kier molecular flexibility index (Phi) is 7.39. The fourth-order valence-corrected chi connectivity index (χ4v) is 5.30. The van der Waals surface area contributed by atoms with Crippen LogP contribution in [0.2, 0.25) is 5.02 Å². The predicted octanol–water partition coefficient (Wildman–Crippen LogP) is 3.97. The summed E-state index contributed by atoms with van der Waals surface area (Å²) >= 11 is 5.86. The first-order valence-corrected chi connectivity index (χ1v) is 11.9. The van der Waals surface area contributed by atoms with Gasteiger partial charge in [-0.05, 0) is 61.7 Å². The third kappa shape index (κ3) is 5.33. The molecule has 0 radical (unpaired) electrons. The van der Waals surface area contributed by atoms with Gasteiger partial charge in [-0.3, -0.25) is 4.79 Å². The molecular weight excluding hydrogens is 424 g/mol. The lowest BCUT2D eigenvalue weighted by Gasteiger charge is -2.27. The zero-order valence-electron chi connectivity index (χ0n) is 17.3. The van der Waals surface area contributed by atoms with E-state index in [0.717, 1.165) is 19.3 Å². The van der Waals surface area contributed by atoms with Crippen LogP contribution in [0.5, 0.6) is 5.75 Å². The highest BCUT2D eigenvalue weighted by Crippen LogP contribution is 2.25. The van der Waals surface area contributed by atoms with Crippen LogP contribution >= 0.6 is 11.6 Å². The average molecular weight is 451 g/mol. The summed E-state index contributed by atoms with van der Waals surface area (Å²) in [6.45, 7) is 3.50. The zero-order chi connectivity index (χ0) is 21.7. The topological polar surface area (TPSA) is 66.9 Å². The molecule has 30 heavy (non-hydrogen) atoms. The van der Waals surface area contributed by atoms with Gasteiger partial charge in [0.25, 0.3) is 5.91 Å². The molecule has 6 nitrogen and oxygen atoms in total. The number of hydrogen-bond donors (Lipinski definition) is 0. The molecule has 0 aliphatic carbocycles. The predicted molar refractivity (Wildman–Crippen MR) is 118 cm³/mol. The summed E-state index contributed by atoms with van der Waals surface area (Å²) in [7, 11) is -1.93. The van der Waals surface area contributed by atoms with Gasteiger partial charge in [0, 0.05) is 30.7 Å². The van der Waals surface area contributed by atoms with E-state index < -0.39 is 10.0 Å². The standard InChI is InChI=1S/C22H27ClN2O4S/c1-17-6-7-18(16-21(17)30(27,28)25-12-4-3-5-13-25)22(26)24(2)14-15-29-20-10-8-19(23)9-11-20/h6-11,16H,3-5,12-15H2,1-2H3. The minimum absolute atomic E-state index is 0.209. The molecule has 0 bridgehead atoms. The molecule has 2 aromatic carbocycles. The molecule has 1 saturated heterocycles. The number of hydrogen-bond acceptors (Lipinski definition) is 4. The molecule has 1 fully saturated rings. The molecule has 2 aromatic rings. The lowest BCUT2D eigenvalue weighted by molar-refractivity contribution is 0.0773. The number of piperidine rings is 1. The van der Waals surface area contributed by atoms with E-state index in [9.17, 15) is 13.2 Å². The number of likely N-dealkylation sites (N-methyl/N-ethyl adjacent to an activating group) is 1. The van der Waals surface area contributed by atoms with Gasteiger partial charge in [0.15, 0.2) is 0 Å². The quantitative estimate of drug-likeness (QED) is 0.640. The summed E-state index contributed by atoms with van der Waals surface area (Å²) in [6, 6.07) is 11.9. The number of halogens is 1. The van der Waals surface area contributed by atoms with E-state index >= 15 is 0 Å². The van der Waals surface area contributed by atoms with Crippen LogP contribution in [0.1, 0.15) is 35.2 Å². The van der Waals surface area contributed by atoms with E-state index in [1.165, 1.54) is 15.3 Å². The third-order valence-electron chi connectivity index (χ3n) is 5.22. The summed E-state index contributed by atoms with van der Waals surface area (Å²) in [4.78, 5) is 14.6. The van der Waals surface area contributed by atoms with Crippen molar-refractivity contribution in [1.82, 2.24) is 9.21 Å². The van der Waals surface area contributed by atoms with Gasteiger partial charge in [-0.1, -0.05) is 24.1 Å². The van der Waals surface area contributed by atoms with Crippen LogP contribution in [0.4, 0.5) is 0 Å². The molecule has 0 N–H and O–H groups in total. The number of aryl methyl sites for hydroxylation is 1. The lowest BCUT2D eigenvalue weighted by Crippen LogP contribution is -2.36. The van der Waals surface area contributed by atoms with E-state index in [-0.39, 0.29) is 10.8 Å². The zero-order valence-corrected chi connectivity index (χ0v) is 18.9. The van der Waals surface area contributed by atoms with Crippen LogP contribution in [0.25, 0.3) is 0 Å². The third-order valence-corrected chi connectivity index (χ3v) is 7.52. The molecule has 8 heteroatoms. The number of benzene rings is 2. The summed E-state index contributed by atoms with van der Waals surface area (Å²) < 4.78 is 33.3. The van der Waals surface area contributed by atoms with Crippen molar-refractivity contribution in [3.05, 3.63) is 58.6 Å². The molecule has 0 atom stereocenters. The molecule has 0 unspecified atom stereocenters. The highest BCUT2D eigenvalue weighted by atomic mass is 35.5. The van der Waals surface area contributed by atoms with Crippen molar-refractivity contribution in [2.75, 3.05) is 33.3 Å². The lowest BCUT2D eigenvalue weighted by atomic mass is 10.1. The number of ether oxygens (including phenoxy) is 1. The summed E-state index contributed by atoms with van der Waals surface area (Å²) in [6.07, 6.45) is 2.78. The Balaban J connectivity index is 1.68. The normalized spacial score (nSPS) is 15.0. The van der Waals surface area contributed by atoms with Crippen molar-refractivity contribution >= 4 is 27.5 Å². The summed E-state index contributed by atoms with van der Waals surface area (Å²) in [5.41, 5.74) is 0.996. The minimum Gasteiger partial charge on any atom is -0.492 e. The van der Waals surface area contributed by atoms with Crippen LogP contribution in [-0.2, 0) is 10.0 Å². The maximum Gasteiger partial charge on any atom is 0.253 e. The first-order chi connectivity index (χ1) is 14.3. The highest BCUT2D eigenvalue weighted by Gasteiger charge is 2.28. The average Bonchev–Trinajstić information content (AvgIpc) is 2.75. The Labute approximate surface area is 183 Å². The maximum absolute atomic E-state index is 13.1. The van der Waals surface area contributed by atoms with Gasteiger partial charge in [0.2, 0.25) is 10.0 Å². The largest absolute Gasteiger partial charge is 0.492 e. The number of sulfonamides is 1. The highest BCUT2D eigenvalue weighted by molar-refractivity contribution is 7.89. The second-order valence-electron chi connectivity index (χ2n) is 7.47. The molecular formula is C22H27ClN2O4S. The number of amides is 1. The van der Waals surface area contributed by atoms with Crippen molar-refractivity contribution in [3.8, 4) is 5.75 Å². The van der Waals surface area contributed by atoms with Gasteiger partial charge in [-0.15, -0.1) is 0 Å². The fraction of sp³-hybridized carbons (Fsp3) is 0.409. The van der Waals surface area contributed by atoms with E-state index in [1.807, 2.05) is 0 Å². The van der Waals surface area contributed by atoms with Gasteiger partial charge < -0.3 is 9.64 Å². The molecule has 1 aliphatic heterocycles. The van der Waals surface area contributed by atoms with Crippen molar-refractivity contribution in [2.45, 2.75) is 31.1 Å². The van der Waals surface area contributed by atoms with Gasteiger partial charge in [0.1, 0.15) is 12.4 Å². The van der Waals surface area contributed by atoms with Crippen molar-refractivity contribution in [2.24, 2.45) is 0 Å². The fourth-order valence-electron chi connectivity index (χ4n) is 3.41. The Morgan fingerprint density at radius 1 is 1.10 bits per heavy atom. The molecule has 0 saturated carbocycles. The van der Waals surface area contributed by atoms with Crippen molar-refractivity contribution in [1.29, 1.82) is 0 Å². The minimum atomic E-state index is -3.60. The van der Waals surface area contributed by atoms with E-state index in [4.69, 9.17) is 16.3 Å². The molecule has 0 spiro atoms. The number of carbonyl (C=O) groups is 1. The van der Waals surface area contributed by atoms with Crippen LogP contribution in [0, 0.1) is 6.92 Å². The molecule has 1 aliphatic rings. The SMILES string of the molecule is Cc1ccc(C(=O)N(C)CCOc2ccc(Cl)cc2)cc1S(=O)(=O)N1CCCCC1. The first kappa shape index (κ1) is 22.6. The van der Waals surface area contributed by atoms with Gasteiger partial charge in [0.05, 0.1) is 11.4 Å². The second kappa shape index (κ2) is 9.81. The monoisotopic (exact) mass is 450 g/mol. The summed E-state index contributed by atoms with van der Waals surface area (Å²) in [5.74, 6) is 0.426.